The molecule has 0 amide bonds. The van der Waals surface area contributed by atoms with Gasteiger partial charge < -0.3 is 5.53 Å². The van der Waals surface area contributed by atoms with Crippen LogP contribution in [0, 0.1) is 0 Å². The van der Waals surface area contributed by atoms with E-state index in [9.17, 15) is 5.53 Å². The summed E-state index contributed by atoms with van der Waals surface area (Å²) in [6.45, 7) is 8.92. The maximum absolute atomic E-state index is 9.46. The van der Waals surface area contributed by atoms with Crippen LogP contribution in [0.4, 0.5) is 0 Å². The van der Waals surface area contributed by atoms with Crippen molar-refractivity contribution < 1.29 is 19.2 Å². The van der Waals surface area contributed by atoms with Gasteiger partial charge in [0.05, 0.1) is 5.57 Å². The molecule has 3 heteroatoms. The van der Waals surface area contributed by atoms with Crippen LogP contribution in [0.15, 0.2) is 59.7 Å². The summed E-state index contributed by atoms with van der Waals surface area (Å²) in [5.74, 6) is 7.07. The third-order valence-electron chi connectivity index (χ3n) is 7.33. The molecule has 0 aliphatic rings. The second-order valence-corrected chi connectivity index (χ2v) is 11.7. The Kier molecular flexibility index (Phi) is 21.1. The summed E-state index contributed by atoms with van der Waals surface area (Å²) < 4.78 is 0. The van der Waals surface area contributed by atoms with Gasteiger partial charge in [0.1, 0.15) is 0 Å². The van der Waals surface area contributed by atoms with Gasteiger partial charge in [-0.25, -0.2) is 0 Å². The van der Waals surface area contributed by atoms with E-state index in [4.69, 9.17) is 0 Å². The van der Waals surface area contributed by atoms with Crippen molar-refractivity contribution >= 4 is 11.4 Å². The molecule has 0 aliphatic heterocycles. The fraction of sp³-hybridized carbons (Fsp3) is 0.568. The van der Waals surface area contributed by atoms with Crippen molar-refractivity contribution in [2.75, 3.05) is 0 Å². The molecule has 0 saturated heterocycles. The molecule has 0 aromatic heterocycles. The van der Waals surface area contributed by atoms with Gasteiger partial charge in [-0.1, -0.05) is 128 Å². The minimum absolute atomic E-state index is 0.795. The first-order valence-electron chi connectivity index (χ1n) is 15.7. The zero-order chi connectivity index (χ0) is 29.4. The average molecular weight is 588 g/mol. The summed E-state index contributed by atoms with van der Waals surface area (Å²) in [7, 11) is 0. The number of allylic oxidation sites excluding steroid dienone is 2. The van der Waals surface area contributed by atoms with Gasteiger partial charge in [-0.2, -0.15) is 0 Å². The van der Waals surface area contributed by atoms with Crippen LogP contribution in [0.3, 0.4) is 0 Å². The standard InChI is InChI=1S/C35H50N2.2CH3.Ni/c1-5-9-12-13-14-16-22-34(31(8-4)28-37-36)35(33-21-17-20-30(27-33)18-11-7-3)32-25-23-29(24-26-32)19-15-10-6-2;;;/h17,20-21,23-27H,5-16,18-19,22H2,1-4H3;2*1H3;. The van der Waals surface area contributed by atoms with E-state index >= 15 is 0 Å². The molecule has 0 heterocycles. The van der Waals surface area contributed by atoms with Gasteiger partial charge in [-0.15, -0.1) is 4.79 Å². The van der Waals surface area contributed by atoms with Crippen molar-refractivity contribution in [1.82, 2.24) is 0 Å². The summed E-state index contributed by atoms with van der Waals surface area (Å²) in [5.41, 5.74) is 18.3. The predicted octanol–water partition coefficient (Wildman–Crippen LogP) is 11.7. The van der Waals surface area contributed by atoms with Crippen LogP contribution in [-0.2, 0) is 27.3 Å². The molecule has 0 spiro atoms. The summed E-state index contributed by atoms with van der Waals surface area (Å²) in [5, 5.41) is 0. The predicted molar refractivity (Wildman–Crippen MR) is 173 cm³/mol. The number of nitrogens with zero attached hydrogens (tertiary/aromatic N) is 2. The third kappa shape index (κ3) is 13.9. The third-order valence-corrected chi connectivity index (χ3v) is 7.33. The molecule has 0 unspecified atom stereocenters. The Morgan fingerprint density at radius 1 is 0.700 bits per heavy atom. The second-order valence-electron chi connectivity index (χ2n) is 10.7. The van der Waals surface area contributed by atoms with Crippen molar-refractivity contribution in [2.24, 2.45) is 0 Å². The molecule has 40 heavy (non-hydrogen) atoms. The van der Waals surface area contributed by atoms with E-state index in [2.05, 4.69) is 98.7 Å². The molecular weight excluding hydrogens is 531 g/mol. The molecule has 2 rings (SSSR count). The van der Waals surface area contributed by atoms with E-state index in [-0.39, 0.29) is 0 Å². The molecule has 0 aliphatic carbocycles. The monoisotopic (exact) mass is 586 g/mol. The van der Waals surface area contributed by atoms with Gasteiger partial charge in [0.25, 0.3) is 0 Å². The molecule has 2 nitrogen and oxygen atoms in total. The minimum atomic E-state index is 0.795. The van der Waals surface area contributed by atoms with Gasteiger partial charge in [0.15, 0.2) is 0 Å². The van der Waals surface area contributed by atoms with E-state index in [1.54, 1.807) is 14.4 Å². The molecule has 2 aromatic rings. The van der Waals surface area contributed by atoms with E-state index in [0.717, 1.165) is 37.7 Å². The Balaban J connectivity index is 0.00000254. The van der Waals surface area contributed by atoms with Gasteiger partial charge >= 0.3 is 32.1 Å². The van der Waals surface area contributed by atoms with Gasteiger partial charge in [-0.05, 0) is 78.3 Å². The average Bonchev–Trinajstić information content (AvgIpc) is 2.97. The van der Waals surface area contributed by atoms with Crippen LogP contribution < -0.4 is 0 Å². The van der Waals surface area contributed by atoms with E-state index < -0.39 is 0 Å². The van der Waals surface area contributed by atoms with Crippen molar-refractivity contribution in [1.29, 1.82) is 0 Å². The normalized spacial score (nSPS) is 11.2. The number of rotatable bonds is 18. The Morgan fingerprint density at radius 3 is 1.93 bits per heavy atom. The summed E-state index contributed by atoms with van der Waals surface area (Å²) in [6, 6.07) is 18.3. The molecule has 0 atom stereocenters. The van der Waals surface area contributed by atoms with Crippen LogP contribution in [0.2, 0.25) is 11.8 Å². The van der Waals surface area contributed by atoms with E-state index in [0.29, 0.717) is 0 Å². The number of unbranched alkanes of at least 4 members (excludes halogenated alkanes) is 8. The molecule has 0 fully saturated rings. The van der Waals surface area contributed by atoms with Crippen LogP contribution in [0.5, 0.6) is 0 Å². The van der Waals surface area contributed by atoms with Crippen LogP contribution in [0.25, 0.3) is 11.1 Å². The molecule has 0 saturated carbocycles. The van der Waals surface area contributed by atoms with Crippen molar-refractivity contribution in [3.63, 3.8) is 0 Å². The molecule has 0 bridgehead atoms. The Bertz CT molecular complexity index is 1050. The fourth-order valence-electron chi connectivity index (χ4n) is 5.12. The first-order chi connectivity index (χ1) is 19.6. The van der Waals surface area contributed by atoms with Gasteiger partial charge in [-0.3, -0.25) is 0 Å². The van der Waals surface area contributed by atoms with Crippen molar-refractivity contribution in [3.8, 4) is 0 Å². The van der Waals surface area contributed by atoms with E-state index in [1.165, 1.54) is 97.6 Å². The quantitative estimate of drug-likeness (QED) is 0.0415. The topological polar surface area (TPSA) is 36.4 Å². The van der Waals surface area contributed by atoms with E-state index in [1.807, 2.05) is 0 Å². The summed E-state index contributed by atoms with van der Waals surface area (Å²) in [4.78, 5) is 3.36. The number of hydrogen-bond donors (Lipinski definition) is 0. The first kappa shape index (κ1) is 35.9. The van der Waals surface area contributed by atoms with Crippen LogP contribution >= 0.6 is 0 Å². The zero-order valence-corrected chi connectivity index (χ0v) is 27.4. The number of hydrogen-bond acceptors (Lipinski definition) is 0. The number of benzene rings is 2. The molecule has 224 valence electrons. The Hall–Kier alpha value is -2.17. The van der Waals surface area contributed by atoms with Crippen molar-refractivity contribution in [2.45, 2.75) is 136 Å². The molecule has 2 aromatic carbocycles. The summed E-state index contributed by atoms with van der Waals surface area (Å²) >= 11 is 1.62. The van der Waals surface area contributed by atoms with Gasteiger partial charge in [0, 0.05) is 0 Å². The number of aryl methyl sites for hydroxylation is 2. The van der Waals surface area contributed by atoms with Crippen LogP contribution in [-0.4, -0.2) is 10.7 Å². The van der Waals surface area contributed by atoms with Crippen molar-refractivity contribution in [3.05, 3.63) is 87.5 Å². The maximum atomic E-state index is 9.46. The molecule has 0 radical (unpaired) electrons. The Morgan fingerprint density at radius 2 is 1.30 bits per heavy atom. The first-order valence-corrected chi connectivity index (χ1v) is 17.7. The molecular formula is C37H56N2Ni. The van der Waals surface area contributed by atoms with Gasteiger partial charge in [0.2, 0.25) is 0 Å². The fourth-order valence-corrected chi connectivity index (χ4v) is 5.12. The second kappa shape index (κ2) is 23.5. The van der Waals surface area contributed by atoms with Crippen LogP contribution in [0.1, 0.15) is 133 Å². The molecule has 0 N–H and O–H groups in total. The zero-order valence-electron chi connectivity index (χ0n) is 26.4. The summed E-state index contributed by atoms with van der Waals surface area (Å²) in [6.07, 6.45) is 17.8. The Labute approximate surface area is 253 Å². The SMILES string of the molecule is CCCCCCCCC(C(=C=[N+]=[N-])CC)=C(c1ccc(CCCCC)cc1)c1cccc(CCCC)c1.[CH3][Ni][CH3].